The molecule has 0 aliphatic carbocycles. The highest BCUT2D eigenvalue weighted by Gasteiger charge is 2.29. The first-order valence-electron chi connectivity index (χ1n) is 5.72. The smallest absolute Gasteiger partial charge is 0.245 e. The van der Waals surface area contributed by atoms with Crippen LogP contribution in [0.1, 0.15) is 13.8 Å². The number of hydrogen-bond acceptors (Lipinski definition) is 3. The summed E-state index contributed by atoms with van der Waals surface area (Å²) in [6, 6.07) is 4.20. The van der Waals surface area contributed by atoms with E-state index in [4.69, 9.17) is 5.73 Å². The first-order valence-corrected chi connectivity index (χ1v) is 7.95. The van der Waals surface area contributed by atoms with Crippen LogP contribution in [-0.4, -0.2) is 32.9 Å². The van der Waals surface area contributed by atoms with Crippen LogP contribution in [0.3, 0.4) is 0 Å². The van der Waals surface area contributed by atoms with E-state index in [1.807, 2.05) is 13.8 Å². The molecule has 116 valence electrons. The van der Waals surface area contributed by atoms with Gasteiger partial charge in [0.25, 0.3) is 0 Å². The van der Waals surface area contributed by atoms with Gasteiger partial charge in [-0.2, -0.15) is 0 Å². The van der Waals surface area contributed by atoms with E-state index in [2.05, 4.69) is 15.9 Å². The summed E-state index contributed by atoms with van der Waals surface area (Å²) in [6.45, 7) is 4.28. The first-order chi connectivity index (χ1) is 8.62. The average Bonchev–Trinajstić information content (AvgIpc) is 2.31. The Bertz CT molecular complexity index is 567. The monoisotopic (exact) mass is 388 g/mol. The molecule has 0 radical (unpaired) electrons. The van der Waals surface area contributed by atoms with Crippen LogP contribution in [0.4, 0.5) is 4.39 Å². The van der Waals surface area contributed by atoms with E-state index in [1.54, 1.807) is 0 Å². The van der Waals surface area contributed by atoms with Crippen molar-refractivity contribution in [1.82, 2.24) is 4.31 Å². The van der Waals surface area contributed by atoms with Crippen molar-refractivity contribution in [2.45, 2.75) is 18.7 Å². The van der Waals surface area contributed by atoms with Gasteiger partial charge in [0.15, 0.2) is 5.82 Å². The van der Waals surface area contributed by atoms with Gasteiger partial charge in [-0.05, 0) is 40.0 Å². The fraction of sp³-hybridized carbons (Fsp3) is 0.500. The molecule has 0 amide bonds. The van der Waals surface area contributed by atoms with Gasteiger partial charge < -0.3 is 5.73 Å². The van der Waals surface area contributed by atoms with Crippen LogP contribution in [0, 0.1) is 11.2 Å². The molecule has 1 rings (SSSR count). The summed E-state index contributed by atoms with van der Waals surface area (Å²) in [6.07, 6.45) is 0. The minimum atomic E-state index is -3.86. The molecule has 8 heteroatoms. The summed E-state index contributed by atoms with van der Waals surface area (Å²) < 4.78 is 39.8. The van der Waals surface area contributed by atoms with Crippen molar-refractivity contribution < 1.29 is 12.8 Å². The summed E-state index contributed by atoms with van der Waals surface area (Å²) in [7, 11) is -2.44. The highest BCUT2D eigenvalue weighted by molar-refractivity contribution is 9.10. The number of nitrogens with two attached hydrogens (primary N) is 1. The fourth-order valence-electron chi connectivity index (χ4n) is 1.60. The van der Waals surface area contributed by atoms with Crippen molar-refractivity contribution in [2.75, 3.05) is 20.1 Å². The number of benzene rings is 1. The molecule has 0 atom stereocenters. The Balaban J connectivity index is 0.00000361. The second kappa shape index (κ2) is 7.17. The molecule has 1 aromatic carbocycles. The molecule has 0 bridgehead atoms. The maximum absolute atomic E-state index is 13.9. The highest BCUT2D eigenvalue weighted by Crippen LogP contribution is 2.26. The molecule has 0 unspecified atom stereocenters. The highest BCUT2D eigenvalue weighted by atomic mass is 79.9. The lowest BCUT2D eigenvalue weighted by molar-refractivity contribution is 0.291. The van der Waals surface area contributed by atoms with Crippen LogP contribution < -0.4 is 5.73 Å². The molecule has 2 N–H and O–H groups in total. The van der Waals surface area contributed by atoms with Gasteiger partial charge in [0, 0.05) is 13.6 Å². The Morgan fingerprint density at radius 1 is 1.40 bits per heavy atom. The number of sulfonamides is 1. The van der Waals surface area contributed by atoms with E-state index in [1.165, 1.54) is 25.2 Å². The standard InChI is InChI=1S/C12H18BrFN2O2S.ClH/c1-12(2,7-15)8-16(3)19(17,18)10-6-4-5-9(13)11(10)14;/h4-6H,7-8,15H2,1-3H3;1H. The van der Waals surface area contributed by atoms with Gasteiger partial charge in [-0.15, -0.1) is 12.4 Å². The lowest BCUT2D eigenvalue weighted by Gasteiger charge is -2.28. The number of rotatable bonds is 5. The van der Waals surface area contributed by atoms with Crippen LogP contribution in [0.2, 0.25) is 0 Å². The lowest BCUT2D eigenvalue weighted by Crippen LogP contribution is -2.40. The molecule has 1 aromatic rings. The number of nitrogens with zero attached hydrogens (tertiary/aromatic N) is 1. The van der Waals surface area contributed by atoms with Gasteiger partial charge in [0.1, 0.15) is 4.90 Å². The SMILES string of the molecule is CN(CC(C)(C)CN)S(=O)(=O)c1cccc(Br)c1F.Cl. The summed E-state index contributed by atoms with van der Waals surface area (Å²) in [5.74, 6) is -0.778. The molecule has 4 nitrogen and oxygen atoms in total. The predicted octanol–water partition coefficient (Wildman–Crippen LogP) is 2.62. The first kappa shape index (κ1) is 19.8. The summed E-state index contributed by atoms with van der Waals surface area (Å²) in [4.78, 5) is -0.336. The number of hydrogen-bond donors (Lipinski definition) is 1. The van der Waals surface area contributed by atoms with E-state index in [0.29, 0.717) is 6.54 Å². The topological polar surface area (TPSA) is 63.4 Å². The van der Waals surface area contributed by atoms with E-state index >= 15 is 0 Å². The Hall–Kier alpha value is -0.210. The Morgan fingerprint density at radius 3 is 2.45 bits per heavy atom. The van der Waals surface area contributed by atoms with E-state index in [-0.39, 0.29) is 33.7 Å². The summed E-state index contributed by atoms with van der Waals surface area (Å²) in [5.41, 5.74) is 5.22. The molecule has 0 spiro atoms. The third-order valence-electron chi connectivity index (χ3n) is 2.81. The third kappa shape index (κ3) is 4.39. The molecule has 0 saturated carbocycles. The van der Waals surface area contributed by atoms with Crippen molar-refractivity contribution in [2.24, 2.45) is 11.1 Å². The summed E-state index contributed by atoms with van der Waals surface area (Å²) >= 11 is 2.98. The lowest BCUT2D eigenvalue weighted by atomic mass is 9.94. The van der Waals surface area contributed by atoms with Crippen LogP contribution in [0.25, 0.3) is 0 Å². The number of halogens is 3. The van der Waals surface area contributed by atoms with Gasteiger partial charge in [0.05, 0.1) is 4.47 Å². The molecule has 20 heavy (non-hydrogen) atoms. The van der Waals surface area contributed by atoms with Gasteiger partial charge in [0.2, 0.25) is 10.0 Å². The summed E-state index contributed by atoms with van der Waals surface area (Å²) in [5, 5.41) is 0. The van der Waals surface area contributed by atoms with Crippen LogP contribution >= 0.6 is 28.3 Å². The molecule has 0 heterocycles. The van der Waals surface area contributed by atoms with Gasteiger partial charge in [-0.1, -0.05) is 19.9 Å². The predicted molar refractivity (Wildman–Crippen MR) is 84.0 cm³/mol. The van der Waals surface area contributed by atoms with E-state index in [9.17, 15) is 12.8 Å². The van der Waals surface area contributed by atoms with Crippen LogP contribution in [-0.2, 0) is 10.0 Å². The minimum Gasteiger partial charge on any atom is -0.330 e. The van der Waals surface area contributed by atoms with Crippen LogP contribution in [0.5, 0.6) is 0 Å². The average molecular weight is 390 g/mol. The van der Waals surface area contributed by atoms with E-state index in [0.717, 1.165) is 4.31 Å². The van der Waals surface area contributed by atoms with Crippen LogP contribution in [0.15, 0.2) is 27.6 Å². The fourth-order valence-corrected chi connectivity index (χ4v) is 3.54. The minimum absolute atomic E-state index is 0. The van der Waals surface area contributed by atoms with Crippen molar-refractivity contribution in [3.05, 3.63) is 28.5 Å². The zero-order valence-corrected chi connectivity index (χ0v) is 14.8. The van der Waals surface area contributed by atoms with Gasteiger partial charge in [-0.25, -0.2) is 17.1 Å². The quantitative estimate of drug-likeness (QED) is 0.842. The van der Waals surface area contributed by atoms with Crippen molar-refractivity contribution in [3.63, 3.8) is 0 Å². The maximum Gasteiger partial charge on any atom is 0.245 e. The second-order valence-electron chi connectivity index (χ2n) is 5.18. The molecule has 0 saturated heterocycles. The molecule has 0 aromatic heterocycles. The van der Waals surface area contributed by atoms with Crippen molar-refractivity contribution in [3.8, 4) is 0 Å². The van der Waals surface area contributed by atoms with E-state index < -0.39 is 15.8 Å². The molecule has 0 aliphatic rings. The molecular formula is C12H19BrClFN2O2S. The normalized spacial score (nSPS) is 12.3. The molecule has 0 aliphatic heterocycles. The Labute approximate surface area is 134 Å². The zero-order chi connectivity index (χ0) is 14.8. The molecule has 0 fully saturated rings. The molecular weight excluding hydrogens is 371 g/mol. The largest absolute Gasteiger partial charge is 0.330 e. The third-order valence-corrected chi connectivity index (χ3v) is 5.24. The van der Waals surface area contributed by atoms with Crippen molar-refractivity contribution in [1.29, 1.82) is 0 Å². The second-order valence-corrected chi connectivity index (χ2v) is 8.05. The zero-order valence-electron chi connectivity index (χ0n) is 11.6. The van der Waals surface area contributed by atoms with Gasteiger partial charge in [-0.3, -0.25) is 0 Å². The van der Waals surface area contributed by atoms with Crippen molar-refractivity contribution >= 4 is 38.4 Å². The Morgan fingerprint density at radius 2 is 1.95 bits per heavy atom. The maximum atomic E-state index is 13.9. The Kier molecular flexibility index (Phi) is 7.10. The van der Waals surface area contributed by atoms with Gasteiger partial charge >= 0.3 is 0 Å².